The van der Waals surface area contributed by atoms with Crippen molar-refractivity contribution in [2.45, 2.75) is 45.4 Å². The monoisotopic (exact) mass is 340 g/mol. The highest BCUT2D eigenvalue weighted by molar-refractivity contribution is 7.22. The molecular weight excluding hydrogens is 316 g/mol. The highest BCUT2D eigenvalue weighted by Gasteiger charge is 2.30. The number of fused-ring (bicyclic) bond motifs is 1. The highest BCUT2D eigenvalue weighted by Crippen LogP contribution is 2.31. The molecule has 1 aliphatic rings. The molecule has 1 aromatic heterocycles. The fourth-order valence-corrected chi connectivity index (χ4v) is 3.66. The van der Waals surface area contributed by atoms with Crippen LogP contribution in [0.1, 0.15) is 32.3 Å². The molecule has 126 valence electrons. The number of anilines is 1. The van der Waals surface area contributed by atoms with E-state index in [2.05, 4.69) is 52.8 Å². The molecule has 0 unspecified atom stereocenters. The third-order valence-electron chi connectivity index (χ3n) is 4.04. The van der Waals surface area contributed by atoms with Crippen molar-refractivity contribution in [1.29, 1.82) is 0 Å². The van der Waals surface area contributed by atoms with E-state index >= 15 is 0 Å². The molecule has 0 aliphatic heterocycles. The molecule has 2 aromatic carbocycles. The number of thiazole rings is 1. The van der Waals surface area contributed by atoms with Crippen molar-refractivity contribution in [3.05, 3.63) is 60.2 Å². The van der Waals surface area contributed by atoms with Gasteiger partial charge in [0.1, 0.15) is 0 Å². The number of ether oxygens (including phenoxy) is 1. The Morgan fingerprint density at radius 3 is 2.50 bits per heavy atom. The lowest BCUT2D eigenvalue weighted by Crippen LogP contribution is -2.40. The van der Waals surface area contributed by atoms with Crippen molar-refractivity contribution >= 4 is 26.7 Å². The van der Waals surface area contributed by atoms with E-state index in [0.717, 1.165) is 23.5 Å². The summed E-state index contributed by atoms with van der Waals surface area (Å²) in [5.41, 5.74) is 2.32. The molecule has 3 nitrogen and oxygen atoms in total. The number of hydrogen-bond donors (Lipinski definition) is 1. The Bertz CT molecular complexity index is 717. The van der Waals surface area contributed by atoms with E-state index < -0.39 is 0 Å². The SMILES string of the molecule is CC.c1ccc(COC2CC(Nc3nc4ccccc4s3)C2)cc1. The zero-order chi connectivity index (χ0) is 16.8. The van der Waals surface area contributed by atoms with Crippen molar-refractivity contribution in [2.24, 2.45) is 0 Å². The third-order valence-corrected chi connectivity index (χ3v) is 5.01. The quantitative estimate of drug-likeness (QED) is 0.667. The Labute approximate surface area is 147 Å². The Hall–Kier alpha value is -1.91. The maximum Gasteiger partial charge on any atom is 0.184 e. The van der Waals surface area contributed by atoms with Crippen molar-refractivity contribution in [3.8, 4) is 0 Å². The first-order valence-electron chi connectivity index (χ1n) is 8.64. The normalized spacial score (nSPS) is 19.2. The molecule has 1 N–H and O–H groups in total. The number of para-hydroxylation sites is 1. The summed E-state index contributed by atoms with van der Waals surface area (Å²) in [5.74, 6) is 0. The molecule has 0 amide bonds. The van der Waals surface area contributed by atoms with Crippen molar-refractivity contribution < 1.29 is 4.74 Å². The fraction of sp³-hybridized carbons (Fsp3) is 0.350. The van der Waals surface area contributed by atoms with E-state index in [1.165, 1.54) is 10.3 Å². The number of nitrogens with zero attached hydrogens (tertiary/aromatic N) is 1. The van der Waals surface area contributed by atoms with Gasteiger partial charge in [-0.25, -0.2) is 4.98 Å². The maximum absolute atomic E-state index is 5.93. The number of benzene rings is 2. The minimum absolute atomic E-state index is 0.368. The largest absolute Gasteiger partial charge is 0.373 e. The lowest BCUT2D eigenvalue weighted by molar-refractivity contribution is -0.0150. The minimum Gasteiger partial charge on any atom is -0.373 e. The first-order valence-corrected chi connectivity index (χ1v) is 9.46. The molecule has 3 aromatic rings. The van der Waals surface area contributed by atoms with E-state index in [4.69, 9.17) is 4.74 Å². The molecule has 1 aliphatic carbocycles. The van der Waals surface area contributed by atoms with Gasteiger partial charge in [0.2, 0.25) is 0 Å². The lowest BCUT2D eigenvalue weighted by Gasteiger charge is -2.35. The summed E-state index contributed by atoms with van der Waals surface area (Å²) in [6, 6.07) is 19.1. The van der Waals surface area contributed by atoms with E-state index in [-0.39, 0.29) is 0 Å². The third kappa shape index (κ3) is 4.13. The summed E-state index contributed by atoms with van der Waals surface area (Å²) < 4.78 is 7.17. The fourth-order valence-electron chi connectivity index (χ4n) is 2.72. The van der Waals surface area contributed by atoms with Gasteiger partial charge in [-0.3, -0.25) is 0 Å². The number of rotatable bonds is 5. The summed E-state index contributed by atoms with van der Waals surface area (Å²) in [4.78, 5) is 4.62. The van der Waals surface area contributed by atoms with E-state index in [1.807, 2.05) is 26.0 Å². The van der Waals surface area contributed by atoms with Crippen molar-refractivity contribution in [1.82, 2.24) is 4.98 Å². The molecule has 0 bridgehead atoms. The highest BCUT2D eigenvalue weighted by atomic mass is 32.1. The van der Waals surface area contributed by atoms with Crippen LogP contribution in [0.4, 0.5) is 5.13 Å². The molecule has 0 spiro atoms. The van der Waals surface area contributed by atoms with Crippen LogP contribution < -0.4 is 5.32 Å². The number of aromatic nitrogens is 1. The first-order chi connectivity index (χ1) is 11.9. The summed E-state index contributed by atoms with van der Waals surface area (Å²) in [5, 5.41) is 4.54. The Kier molecular flexibility index (Phi) is 5.83. The molecule has 4 rings (SSSR count). The Morgan fingerprint density at radius 2 is 1.75 bits per heavy atom. The smallest absolute Gasteiger partial charge is 0.184 e. The van der Waals surface area contributed by atoms with Crippen LogP contribution in [-0.2, 0) is 11.3 Å². The van der Waals surface area contributed by atoms with Gasteiger partial charge in [0.05, 0.1) is 22.9 Å². The van der Waals surface area contributed by atoms with Gasteiger partial charge in [-0.1, -0.05) is 67.6 Å². The van der Waals surface area contributed by atoms with E-state index in [9.17, 15) is 0 Å². The first kappa shape index (κ1) is 16.9. The molecule has 0 atom stereocenters. The summed E-state index contributed by atoms with van der Waals surface area (Å²) >= 11 is 1.72. The molecular formula is C20H24N2OS. The zero-order valence-corrected chi connectivity index (χ0v) is 15.1. The van der Waals surface area contributed by atoms with Crippen LogP contribution in [0.5, 0.6) is 0 Å². The second-order valence-corrected chi connectivity index (χ2v) is 6.75. The molecule has 1 saturated carbocycles. The van der Waals surface area contributed by atoms with Crippen LogP contribution in [0.15, 0.2) is 54.6 Å². The molecule has 1 fully saturated rings. The van der Waals surface area contributed by atoms with Crippen LogP contribution in [0, 0.1) is 0 Å². The molecule has 4 heteroatoms. The van der Waals surface area contributed by atoms with Gasteiger partial charge < -0.3 is 10.1 Å². The van der Waals surface area contributed by atoms with Gasteiger partial charge in [0, 0.05) is 6.04 Å². The summed E-state index contributed by atoms with van der Waals surface area (Å²) in [7, 11) is 0. The topological polar surface area (TPSA) is 34.1 Å². The Morgan fingerprint density at radius 1 is 1.04 bits per heavy atom. The van der Waals surface area contributed by atoms with Gasteiger partial charge >= 0.3 is 0 Å². The van der Waals surface area contributed by atoms with E-state index in [0.29, 0.717) is 18.8 Å². The van der Waals surface area contributed by atoms with Gasteiger partial charge in [-0.15, -0.1) is 0 Å². The average molecular weight is 340 g/mol. The van der Waals surface area contributed by atoms with Crippen molar-refractivity contribution in [3.63, 3.8) is 0 Å². The second kappa shape index (κ2) is 8.27. The standard InChI is InChI=1S/C18H18N2OS.C2H6/c1-2-6-13(7-3-1)12-21-15-10-14(11-15)19-18-20-16-8-4-5-9-17(16)22-18;1-2/h1-9,14-15H,10-12H2,(H,19,20);1-2H3. The van der Waals surface area contributed by atoms with Crippen molar-refractivity contribution in [2.75, 3.05) is 5.32 Å². The van der Waals surface area contributed by atoms with Crippen LogP contribution in [-0.4, -0.2) is 17.1 Å². The predicted molar refractivity (Wildman–Crippen MR) is 103 cm³/mol. The predicted octanol–water partition coefficient (Wildman–Crippen LogP) is 5.48. The van der Waals surface area contributed by atoms with Gasteiger partial charge in [0.25, 0.3) is 0 Å². The molecule has 0 saturated heterocycles. The summed E-state index contributed by atoms with van der Waals surface area (Å²) in [6.45, 7) is 4.71. The second-order valence-electron chi connectivity index (χ2n) is 5.72. The van der Waals surface area contributed by atoms with Crippen LogP contribution in [0.2, 0.25) is 0 Å². The average Bonchev–Trinajstić information content (AvgIpc) is 3.02. The molecule has 24 heavy (non-hydrogen) atoms. The van der Waals surface area contributed by atoms with Crippen LogP contribution >= 0.6 is 11.3 Å². The van der Waals surface area contributed by atoms with Crippen LogP contribution in [0.3, 0.4) is 0 Å². The molecule has 1 heterocycles. The van der Waals surface area contributed by atoms with Gasteiger partial charge in [0.15, 0.2) is 5.13 Å². The minimum atomic E-state index is 0.368. The number of hydrogen-bond acceptors (Lipinski definition) is 4. The van der Waals surface area contributed by atoms with Gasteiger partial charge in [-0.05, 0) is 30.5 Å². The molecule has 0 radical (unpaired) electrons. The maximum atomic E-state index is 5.93. The number of nitrogens with one attached hydrogen (secondary N) is 1. The Balaban J connectivity index is 0.000000815. The van der Waals surface area contributed by atoms with E-state index in [1.54, 1.807) is 11.3 Å². The van der Waals surface area contributed by atoms with Crippen LogP contribution in [0.25, 0.3) is 10.2 Å². The zero-order valence-electron chi connectivity index (χ0n) is 14.2. The summed E-state index contributed by atoms with van der Waals surface area (Å²) in [6.07, 6.45) is 2.48. The van der Waals surface area contributed by atoms with Gasteiger partial charge in [-0.2, -0.15) is 0 Å². The lowest BCUT2D eigenvalue weighted by atomic mass is 9.89.